The second-order valence-electron chi connectivity index (χ2n) is 6.05. The Kier molecular flexibility index (Phi) is 5.99. The quantitative estimate of drug-likeness (QED) is 0.921. The number of nitrogens with zero attached hydrogens (tertiary/aromatic N) is 2. The van der Waals surface area contributed by atoms with Gasteiger partial charge in [0.25, 0.3) is 0 Å². The minimum Gasteiger partial charge on any atom is -0.314 e. The molecule has 0 aromatic heterocycles. The van der Waals surface area contributed by atoms with Crippen LogP contribution >= 0.6 is 12.4 Å². The average molecular weight is 314 g/mol. The van der Waals surface area contributed by atoms with E-state index >= 15 is 0 Å². The lowest BCUT2D eigenvalue weighted by Gasteiger charge is -2.32. The standard InChI is InChI=1S/C16H24FN3.ClH/c1-13-10-14(2-3-16(13)17)11-19-7-4-15(12-19)20-8-5-18-6-9-20;/h2-3,10,15,18H,4-9,11-12H2,1H3;1H. The van der Waals surface area contributed by atoms with Crippen LogP contribution in [0.4, 0.5) is 4.39 Å². The zero-order valence-electron chi connectivity index (χ0n) is 12.6. The van der Waals surface area contributed by atoms with Gasteiger partial charge in [-0.25, -0.2) is 4.39 Å². The average Bonchev–Trinajstić information content (AvgIpc) is 2.92. The highest BCUT2D eigenvalue weighted by Gasteiger charge is 2.28. The van der Waals surface area contributed by atoms with Crippen LogP contribution in [0.1, 0.15) is 17.5 Å². The lowest BCUT2D eigenvalue weighted by atomic mass is 10.1. The minimum atomic E-state index is -0.103. The van der Waals surface area contributed by atoms with Crippen LogP contribution in [0.5, 0.6) is 0 Å². The number of rotatable bonds is 3. The van der Waals surface area contributed by atoms with Gasteiger partial charge in [0.05, 0.1) is 0 Å². The van der Waals surface area contributed by atoms with Crippen LogP contribution in [0.15, 0.2) is 18.2 Å². The molecule has 1 aromatic rings. The predicted octanol–water partition coefficient (Wildman–Crippen LogP) is 2.04. The largest absolute Gasteiger partial charge is 0.314 e. The molecular weight excluding hydrogens is 289 g/mol. The van der Waals surface area contributed by atoms with Crippen molar-refractivity contribution in [1.82, 2.24) is 15.1 Å². The summed E-state index contributed by atoms with van der Waals surface area (Å²) in [4.78, 5) is 5.12. The number of likely N-dealkylation sites (tertiary alicyclic amines) is 1. The molecule has 5 heteroatoms. The van der Waals surface area contributed by atoms with Gasteiger partial charge in [-0.15, -0.1) is 12.4 Å². The maximum Gasteiger partial charge on any atom is 0.126 e. The van der Waals surface area contributed by atoms with Crippen molar-refractivity contribution < 1.29 is 4.39 Å². The van der Waals surface area contributed by atoms with Crippen molar-refractivity contribution >= 4 is 12.4 Å². The van der Waals surface area contributed by atoms with Crippen LogP contribution in [0.3, 0.4) is 0 Å². The summed E-state index contributed by atoms with van der Waals surface area (Å²) in [6, 6.07) is 6.20. The zero-order valence-corrected chi connectivity index (χ0v) is 13.5. The van der Waals surface area contributed by atoms with Gasteiger partial charge in [-0.2, -0.15) is 0 Å². The molecule has 2 fully saturated rings. The van der Waals surface area contributed by atoms with Gasteiger partial charge in [0, 0.05) is 51.9 Å². The second kappa shape index (κ2) is 7.54. The summed E-state index contributed by atoms with van der Waals surface area (Å²) in [5.41, 5.74) is 1.98. The fourth-order valence-corrected chi connectivity index (χ4v) is 3.36. The number of aryl methyl sites for hydroxylation is 1. The number of nitrogens with one attached hydrogen (secondary N) is 1. The molecule has 0 spiro atoms. The summed E-state index contributed by atoms with van der Waals surface area (Å²) in [7, 11) is 0. The Morgan fingerprint density at radius 3 is 2.71 bits per heavy atom. The van der Waals surface area contributed by atoms with Crippen molar-refractivity contribution in [3.63, 3.8) is 0 Å². The van der Waals surface area contributed by atoms with E-state index in [1.165, 1.54) is 25.1 Å². The van der Waals surface area contributed by atoms with E-state index in [-0.39, 0.29) is 18.2 Å². The van der Waals surface area contributed by atoms with Crippen molar-refractivity contribution in [2.45, 2.75) is 25.9 Å². The Hall–Kier alpha value is -0.680. The first-order chi connectivity index (χ1) is 9.72. The summed E-state index contributed by atoms with van der Waals surface area (Å²) < 4.78 is 13.3. The molecule has 2 aliphatic heterocycles. The Labute approximate surface area is 132 Å². The molecule has 0 aliphatic carbocycles. The van der Waals surface area contributed by atoms with Crippen molar-refractivity contribution in [3.05, 3.63) is 35.1 Å². The van der Waals surface area contributed by atoms with Gasteiger partial charge in [-0.1, -0.05) is 12.1 Å². The van der Waals surface area contributed by atoms with Crippen LogP contribution in [0, 0.1) is 12.7 Å². The number of piperazine rings is 1. The van der Waals surface area contributed by atoms with Gasteiger partial charge in [0.15, 0.2) is 0 Å². The fourth-order valence-electron chi connectivity index (χ4n) is 3.36. The van der Waals surface area contributed by atoms with E-state index in [0.717, 1.165) is 38.3 Å². The van der Waals surface area contributed by atoms with E-state index < -0.39 is 0 Å². The molecule has 1 unspecified atom stereocenters. The number of benzene rings is 1. The molecule has 2 heterocycles. The first-order valence-corrected chi connectivity index (χ1v) is 7.64. The Balaban J connectivity index is 0.00000161. The molecule has 2 aliphatic rings. The second-order valence-corrected chi connectivity index (χ2v) is 6.05. The SMILES string of the molecule is Cc1cc(CN2CCC(N3CCNCC3)C2)ccc1F.Cl. The van der Waals surface area contributed by atoms with E-state index in [1.54, 1.807) is 6.07 Å². The summed E-state index contributed by atoms with van der Waals surface area (Å²) in [5, 5.41) is 3.41. The summed E-state index contributed by atoms with van der Waals surface area (Å²) in [6.45, 7) is 9.68. The molecule has 118 valence electrons. The molecule has 1 N–H and O–H groups in total. The fraction of sp³-hybridized carbons (Fsp3) is 0.625. The third kappa shape index (κ3) is 4.16. The Bertz CT molecular complexity index is 463. The van der Waals surface area contributed by atoms with Gasteiger partial charge in [-0.3, -0.25) is 9.80 Å². The normalized spacial score (nSPS) is 24.0. The van der Waals surface area contributed by atoms with E-state index in [9.17, 15) is 4.39 Å². The van der Waals surface area contributed by atoms with Crippen molar-refractivity contribution in [2.24, 2.45) is 0 Å². The van der Waals surface area contributed by atoms with Gasteiger partial charge >= 0.3 is 0 Å². The van der Waals surface area contributed by atoms with Crippen molar-refractivity contribution in [1.29, 1.82) is 0 Å². The monoisotopic (exact) mass is 313 g/mol. The molecule has 0 amide bonds. The molecule has 21 heavy (non-hydrogen) atoms. The van der Waals surface area contributed by atoms with E-state index in [0.29, 0.717) is 6.04 Å². The molecular formula is C16H25ClFN3. The molecule has 1 atom stereocenters. The number of hydrogen-bond donors (Lipinski definition) is 1. The minimum absolute atomic E-state index is 0. The van der Waals surface area contributed by atoms with Gasteiger partial charge in [0.2, 0.25) is 0 Å². The maximum absolute atomic E-state index is 13.3. The highest BCUT2D eigenvalue weighted by molar-refractivity contribution is 5.85. The van der Waals surface area contributed by atoms with Crippen molar-refractivity contribution in [3.8, 4) is 0 Å². The maximum atomic E-state index is 13.3. The van der Waals surface area contributed by atoms with E-state index in [2.05, 4.69) is 15.1 Å². The van der Waals surface area contributed by atoms with Gasteiger partial charge in [-0.05, 0) is 30.5 Å². The van der Waals surface area contributed by atoms with Gasteiger partial charge < -0.3 is 5.32 Å². The zero-order chi connectivity index (χ0) is 13.9. The van der Waals surface area contributed by atoms with Crippen LogP contribution in [0.25, 0.3) is 0 Å². The molecule has 0 bridgehead atoms. The molecule has 0 radical (unpaired) electrons. The Morgan fingerprint density at radius 2 is 2.00 bits per heavy atom. The van der Waals surface area contributed by atoms with Crippen LogP contribution in [-0.4, -0.2) is 55.1 Å². The summed E-state index contributed by atoms with van der Waals surface area (Å²) in [5.74, 6) is -0.103. The third-order valence-electron chi connectivity index (χ3n) is 4.54. The number of halogens is 2. The first kappa shape index (κ1) is 16.7. The van der Waals surface area contributed by atoms with E-state index in [4.69, 9.17) is 0 Å². The van der Waals surface area contributed by atoms with Crippen LogP contribution in [-0.2, 0) is 6.54 Å². The lowest BCUT2D eigenvalue weighted by molar-refractivity contribution is 0.170. The third-order valence-corrected chi connectivity index (χ3v) is 4.54. The van der Waals surface area contributed by atoms with E-state index in [1.807, 2.05) is 19.1 Å². The molecule has 2 saturated heterocycles. The van der Waals surface area contributed by atoms with Gasteiger partial charge in [0.1, 0.15) is 5.82 Å². The topological polar surface area (TPSA) is 18.5 Å². The van der Waals surface area contributed by atoms with Crippen LogP contribution < -0.4 is 5.32 Å². The molecule has 1 aromatic carbocycles. The smallest absolute Gasteiger partial charge is 0.126 e. The highest BCUT2D eigenvalue weighted by atomic mass is 35.5. The Morgan fingerprint density at radius 1 is 1.24 bits per heavy atom. The summed E-state index contributed by atoms with van der Waals surface area (Å²) >= 11 is 0. The van der Waals surface area contributed by atoms with Crippen molar-refractivity contribution in [2.75, 3.05) is 39.3 Å². The molecule has 0 saturated carbocycles. The highest BCUT2D eigenvalue weighted by Crippen LogP contribution is 2.19. The summed E-state index contributed by atoms with van der Waals surface area (Å²) in [6.07, 6.45) is 1.26. The van der Waals surface area contributed by atoms with Crippen LogP contribution in [0.2, 0.25) is 0 Å². The lowest BCUT2D eigenvalue weighted by Crippen LogP contribution is -2.49. The predicted molar refractivity (Wildman–Crippen MR) is 86.5 cm³/mol. The number of hydrogen-bond acceptors (Lipinski definition) is 3. The molecule has 3 rings (SSSR count). The molecule has 3 nitrogen and oxygen atoms in total. The first-order valence-electron chi connectivity index (χ1n) is 7.64.